The van der Waals surface area contributed by atoms with Crippen LogP contribution in [0.4, 0.5) is 0 Å². The summed E-state index contributed by atoms with van der Waals surface area (Å²) in [5, 5.41) is 0. The van der Waals surface area contributed by atoms with E-state index in [1.807, 2.05) is 46.7 Å². The smallest absolute Gasteiger partial charge is 0.285 e. The molecule has 2 aliphatic heterocycles. The number of aromatic nitrogens is 2. The molecule has 4 rings (SSSR count). The van der Waals surface area contributed by atoms with Crippen molar-refractivity contribution in [3.05, 3.63) is 63.8 Å². The highest BCUT2D eigenvalue weighted by atomic mass is 16.2. The molecule has 0 N–H and O–H groups in total. The first-order valence-electron chi connectivity index (χ1n) is 10.1. The summed E-state index contributed by atoms with van der Waals surface area (Å²) in [4.78, 5) is 45.5. The van der Waals surface area contributed by atoms with Crippen LogP contribution in [0, 0.1) is 0 Å². The topological polar surface area (TPSA) is 75.5 Å². The molecule has 152 valence electrons. The summed E-state index contributed by atoms with van der Waals surface area (Å²) >= 11 is 0. The van der Waals surface area contributed by atoms with E-state index in [2.05, 4.69) is 4.98 Å². The first kappa shape index (κ1) is 19.4. The first-order valence-corrected chi connectivity index (χ1v) is 10.1. The maximum Gasteiger partial charge on any atom is 0.285 e. The van der Waals surface area contributed by atoms with E-state index < -0.39 is 5.56 Å². The lowest BCUT2D eigenvalue weighted by atomic mass is 9.85. The lowest BCUT2D eigenvalue weighted by Crippen LogP contribution is -2.37. The largest absolute Gasteiger partial charge is 0.342 e. The van der Waals surface area contributed by atoms with Crippen molar-refractivity contribution in [3.8, 4) is 0 Å². The van der Waals surface area contributed by atoms with Gasteiger partial charge in [-0.2, -0.15) is 4.98 Å². The van der Waals surface area contributed by atoms with Crippen molar-refractivity contribution in [2.24, 2.45) is 0 Å². The number of hydrogen-bond donors (Lipinski definition) is 0. The molecule has 0 aliphatic carbocycles. The van der Waals surface area contributed by atoms with Crippen LogP contribution in [0.15, 0.2) is 41.3 Å². The Kier molecular flexibility index (Phi) is 4.98. The van der Waals surface area contributed by atoms with Gasteiger partial charge in [0.2, 0.25) is 5.91 Å². The zero-order valence-corrected chi connectivity index (χ0v) is 16.9. The summed E-state index contributed by atoms with van der Waals surface area (Å²) < 4.78 is 1.94. The quantitative estimate of drug-likeness (QED) is 0.793. The van der Waals surface area contributed by atoms with E-state index >= 15 is 0 Å². The van der Waals surface area contributed by atoms with Crippen LogP contribution in [0.2, 0.25) is 0 Å². The van der Waals surface area contributed by atoms with E-state index in [-0.39, 0.29) is 22.8 Å². The predicted molar refractivity (Wildman–Crippen MR) is 109 cm³/mol. The molecule has 2 amide bonds. The number of hydrogen-bond acceptors (Lipinski definition) is 4. The minimum atomic E-state index is -0.477. The summed E-state index contributed by atoms with van der Waals surface area (Å²) in [5.74, 6) is 0.477. The number of carbonyl (C=O) groups excluding carboxylic acids is 2. The fourth-order valence-corrected chi connectivity index (χ4v) is 4.51. The first-order chi connectivity index (χ1) is 13.9. The highest BCUT2D eigenvalue weighted by Gasteiger charge is 2.47. The number of benzene rings is 1. The normalized spacial score (nSPS) is 20.1. The van der Waals surface area contributed by atoms with Crippen LogP contribution in [-0.4, -0.2) is 50.8 Å². The number of nitrogens with zero attached hydrogens (tertiary/aromatic N) is 4. The fourth-order valence-electron chi connectivity index (χ4n) is 4.51. The molecular formula is C22H26N4O3. The van der Waals surface area contributed by atoms with E-state index in [4.69, 9.17) is 0 Å². The molecule has 2 aliphatic rings. The minimum Gasteiger partial charge on any atom is -0.342 e. The number of amides is 2. The Morgan fingerprint density at radius 1 is 1.17 bits per heavy atom. The van der Waals surface area contributed by atoms with Gasteiger partial charge in [0.15, 0.2) is 0 Å². The second-order valence-electron chi connectivity index (χ2n) is 8.00. The molecule has 1 fully saturated rings. The standard InChI is InChI=1S/C22H26N4O3/c1-3-24(13-17-7-5-4-6-8-17)20(29)18-14-25-11-9-22(21(25)23-19(18)28)10-12-26(15-22)16(2)27/h4-8,14H,3,9-13,15H2,1-2H3/t22-/m1/s1. The van der Waals surface area contributed by atoms with E-state index in [0.717, 1.165) is 18.4 Å². The Morgan fingerprint density at radius 2 is 1.90 bits per heavy atom. The van der Waals surface area contributed by atoms with Crippen molar-refractivity contribution >= 4 is 11.8 Å². The third-order valence-corrected chi connectivity index (χ3v) is 6.22. The molecular weight excluding hydrogens is 368 g/mol. The van der Waals surface area contributed by atoms with Gasteiger partial charge in [0.1, 0.15) is 11.4 Å². The summed E-state index contributed by atoms with van der Waals surface area (Å²) in [7, 11) is 0. The van der Waals surface area contributed by atoms with Crippen LogP contribution >= 0.6 is 0 Å². The highest BCUT2D eigenvalue weighted by Crippen LogP contribution is 2.41. The van der Waals surface area contributed by atoms with Gasteiger partial charge in [-0.3, -0.25) is 14.4 Å². The SMILES string of the molecule is CCN(Cc1ccccc1)C(=O)c1cn2c(nc1=O)[C@@]1(CCN(C(C)=O)C1)CC2. The van der Waals surface area contributed by atoms with Crippen molar-refractivity contribution < 1.29 is 9.59 Å². The average Bonchev–Trinajstić information content (AvgIpc) is 3.31. The maximum absolute atomic E-state index is 13.1. The molecule has 1 aromatic heterocycles. The number of rotatable bonds is 4. The third-order valence-electron chi connectivity index (χ3n) is 6.22. The lowest BCUT2D eigenvalue weighted by molar-refractivity contribution is -0.128. The Balaban J connectivity index is 1.61. The fraction of sp³-hybridized carbons (Fsp3) is 0.455. The van der Waals surface area contributed by atoms with Gasteiger partial charge in [0, 0.05) is 51.3 Å². The van der Waals surface area contributed by atoms with Gasteiger partial charge >= 0.3 is 0 Å². The van der Waals surface area contributed by atoms with E-state index in [1.165, 1.54) is 0 Å². The molecule has 2 aromatic rings. The van der Waals surface area contributed by atoms with Gasteiger partial charge in [0.05, 0.1) is 0 Å². The van der Waals surface area contributed by atoms with Crippen molar-refractivity contribution in [1.29, 1.82) is 0 Å². The zero-order valence-electron chi connectivity index (χ0n) is 16.9. The lowest BCUT2D eigenvalue weighted by Gasteiger charge is -2.23. The van der Waals surface area contributed by atoms with Gasteiger partial charge < -0.3 is 14.4 Å². The molecule has 0 unspecified atom stereocenters. The molecule has 1 spiro atoms. The van der Waals surface area contributed by atoms with Crippen molar-refractivity contribution in [2.75, 3.05) is 19.6 Å². The van der Waals surface area contributed by atoms with Crippen molar-refractivity contribution in [3.63, 3.8) is 0 Å². The van der Waals surface area contributed by atoms with Crippen LogP contribution in [-0.2, 0) is 23.3 Å². The summed E-state index contributed by atoms with van der Waals surface area (Å²) in [6, 6.07) is 9.74. The second kappa shape index (κ2) is 7.46. The summed E-state index contributed by atoms with van der Waals surface area (Å²) in [6.45, 7) is 6.43. The van der Waals surface area contributed by atoms with Gasteiger partial charge in [0.25, 0.3) is 11.5 Å². The average molecular weight is 394 g/mol. The van der Waals surface area contributed by atoms with Gasteiger partial charge in [-0.1, -0.05) is 30.3 Å². The van der Waals surface area contributed by atoms with Crippen molar-refractivity contribution in [2.45, 2.75) is 45.2 Å². The molecule has 7 heteroatoms. The summed E-state index contributed by atoms with van der Waals surface area (Å²) in [6.07, 6.45) is 3.32. The van der Waals surface area contributed by atoms with Crippen LogP contribution < -0.4 is 5.56 Å². The number of fused-ring (bicyclic) bond motifs is 2. The van der Waals surface area contributed by atoms with Gasteiger partial charge in [-0.05, 0) is 25.3 Å². The maximum atomic E-state index is 13.1. The number of carbonyl (C=O) groups is 2. The molecule has 0 radical (unpaired) electrons. The van der Waals surface area contributed by atoms with Crippen LogP contribution in [0.1, 0.15) is 48.4 Å². The molecule has 1 aromatic carbocycles. The second-order valence-corrected chi connectivity index (χ2v) is 8.00. The van der Waals surface area contributed by atoms with E-state index in [1.54, 1.807) is 18.0 Å². The van der Waals surface area contributed by atoms with Gasteiger partial charge in [-0.15, -0.1) is 0 Å². The molecule has 3 heterocycles. The third kappa shape index (κ3) is 3.45. The van der Waals surface area contributed by atoms with E-state index in [0.29, 0.717) is 38.5 Å². The number of aryl methyl sites for hydroxylation is 1. The highest BCUT2D eigenvalue weighted by molar-refractivity contribution is 5.93. The molecule has 1 saturated heterocycles. The molecule has 0 bridgehead atoms. The predicted octanol–water partition coefficient (Wildman–Crippen LogP) is 1.80. The van der Waals surface area contributed by atoms with Crippen molar-refractivity contribution in [1.82, 2.24) is 19.4 Å². The van der Waals surface area contributed by atoms with Gasteiger partial charge in [-0.25, -0.2) is 0 Å². The monoisotopic (exact) mass is 394 g/mol. The molecule has 7 nitrogen and oxygen atoms in total. The Labute approximate surface area is 170 Å². The van der Waals surface area contributed by atoms with Crippen LogP contribution in [0.5, 0.6) is 0 Å². The Bertz CT molecular complexity index is 1000. The van der Waals surface area contributed by atoms with Crippen LogP contribution in [0.3, 0.4) is 0 Å². The Morgan fingerprint density at radius 3 is 2.55 bits per heavy atom. The molecule has 29 heavy (non-hydrogen) atoms. The number of likely N-dealkylation sites (tertiary alicyclic amines) is 1. The van der Waals surface area contributed by atoms with E-state index in [9.17, 15) is 14.4 Å². The van der Waals surface area contributed by atoms with Crippen LogP contribution in [0.25, 0.3) is 0 Å². The Hall–Kier alpha value is -2.96. The molecule has 1 atom stereocenters. The minimum absolute atomic E-state index is 0.0500. The zero-order chi connectivity index (χ0) is 20.6. The molecule has 0 saturated carbocycles. The summed E-state index contributed by atoms with van der Waals surface area (Å²) in [5.41, 5.74) is 0.396.